The van der Waals surface area contributed by atoms with Crippen molar-refractivity contribution in [2.75, 3.05) is 37.3 Å². The summed E-state index contributed by atoms with van der Waals surface area (Å²) in [7, 11) is 0. The largest absolute Gasteiger partial charge is 0.490 e. The highest BCUT2D eigenvalue weighted by molar-refractivity contribution is 5.54. The zero-order valence-corrected chi connectivity index (χ0v) is 15.4. The molecular formula is C19H26N6O2. The van der Waals surface area contributed by atoms with Gasteiger partial charge in [-0.15, -0.1) is 5.10 Å². The summed E-state index contributed by atoms with van der Waals surface area (Å²) in [6.07, 6.45) is 7.73. The number of aromatic amines is 1. The summed E-state index contributed by atoms with van der Waals surface area (Å²) < 4.78 is 5.79. The average Bonchev–Trinajstić information content (AvgIpc) is 2.68. The monoisotopic (exact) mass is 370 g/mol. The fourth-order valence-corrected chi connectivity index (χ4v) is 3.04. The zero-order valence-electron chi connectivity index (χ0n) is 15.4. The third-order valence-corrected chi connectivity index (χ3v) is 4.38. The van der Waals surface area contributed by atoms with Gasteiger partial charge in [0.1, 0.15) is 12.4 Å². The number of aromatic nitrogens is 3. The van der Waals surface area contributed by atoms with Crippen LogP contribution in [-0.4, -0.2) is 46.3 Å². The lowest BCUT2D eigenvalue weighted by molar-refractivity contribution is 0.220. The van der Waals surface area contributed by atoms with Crippen LogP contribution in [-0.2, 0) is 6.54 Å². The van der Waals surface area contributed by atoms with E-state index in [1.165, 1.54) is 37.9 Å². The van der Waals surface area contributed by atoms with Crippen molar-refractivity contribution in [1.82, 2.24) is 20.1 Å². The van der Waals surface area contributed by atoms with Crippen LogP contribution in [0.15, 0.2) is 41.2 Å². The maximum absolute atomic E-state index is 11.1. The second-order valence-electron chi connectivity index (χ2n) is 6.52. The minimum atomic E-state index is -0.538. The summed E-state index contributed by atoms with van der Waals surface area (Å²) in [5.41, 5.74) is 6.37. The number of likely N-dealkylation sites (tertiary alicyclic amines) is 1. The van der Waals surface area contributed by atoms with E-state index in [-0.39, 0.29) is 11.6 Å². The Bertz CT molecular complexity index is 814. The summed E-state index contributed by atoms with van der Waals surface area (Å²) in [6.45, 7) is 4.29. The molecule has 8 heteroatoms. The molecule has 0 atom stereocenters. The Balaban J connectivity index is 1.42. The van der Waals surface area contributed by atoms with Crippen molar-refractivity contribution in [1.29, 1.82) is 0 Å². The number of nitrogens with zero attached hydrogens (tertiary/aromatic N) is 3. The summed E-state index contributed by atoms with van der Waals surface area (Å²) in [6, 6.07) is 8.26. The predicted octanol–water partition coefficient (Wildman–Crippen LogP) is 1.78. The van der Waals surface area contributed by atoms with Crippen LogP contribution in [0.2, 0.25) is 0 Å². The molecule has 1 aliphatic rings. The molecule has 1 aliphatic heterocycles. The molecule has 4 N–H and O–H groups in total. The van der Waals surface area contributed by atoms with Gasteiger partial charge in [-0.3, -0.25) is 4.90 Å². The summed E-state index contributed by atoms with van der Waals surface area (Å²) >= 11 is 0. The van der Waals surface area contributed by atoms with E-state index in [9.17, 15) is 4.79 Å². The second-order valence-corrected chi connectivity index (χ2v) is 6.52. The fraction of sp³-hybridized carbons (Fsp3) is 0.421. The highest BCUT2D eigenvalue weighted by atomic mass is 16.5. The number of rotatable bonds is 8. The Morgan fingerprint density at radius 1 is 1.26 bits per heavy atom. The number of nitrogens with one attached hydrogen (secondary N) is 2. The van der Waals surface area contributed by atoms with Crippen molar-refractivity contribution in [2.24, 2.45) is 0 Å². The molecule has 27 heavy (non-hydrogen) atoms. The van der Waals surface area contributed by atoms with Gasteiger partial charge in [0, 0.05) is 13.1 Å². The van der Waals surface area contributed by atoms with Crippen LogP contribution in [0.3, 0.4) is 0 Å². The fourth-order valence-electron chi connectivity index (χ4n) is 3.04. The molecule has 0 bridgehead atoms. The Kier molecular flexibility index (Phi) is 6.81. The first-order valence-corrected chi connectivity index (χ1v) is 9.26. The van der Waals surface area contributed by atoms with E-state index in [2.05, 4.69) is 37.5 Å². The van der Waals surface area contributed by atoms with Crippen molar-refractivity contribution < 1.29 is 4.74 Å². The zero-order chi connectivity index (χ0) is 18.9. The van der Waals surface area contributed by atoms with E-state index < -0.39 is 5.69 Å². The highest BCUT2D eigenvalue weighted by Crippen LogP contribution is 2.17. The van der Waals surface area contributed by atoms with Gasteiger partial charge >= 0.3 is 5.69 Å². The molecule has 0 radical (unpaired) electrons. The molecule has 1 fully saturated rings. The summed E-state index contributed by atoms with van der Waals surface area (Å²) in [5, 5.41) is 8.76. The maximum atomic E-state index is 11.1. The highest BCUT2D eigenvalue weighted by Gasteiger charge is 2.10. The SMILES string of the molecule is Nc1n[nH]c(=O)nc1NCC=CCOc1cccc(CN2CCCCC2)c1. The number of anilines is 2. The van der Waals surface area contributed by atoms with Crippen LogP contribution in [0.25, 0.3) is 0 Å². The van der Waals surface area contributed by atoms with Crippen molar-refractivity contribution in [2.45, 2.75) is 25.8 Å². The number of benzene rings is 1. The van der Waals surface area contributed by atoms with E-state index in [1.807, 2.05) is 24.3 Å². The van der Waals surface area contributed by atoms with Gasteiger partial charge < -0.3 is 15.8 Å². The molecular weight excluding hydrogens is 344 g/mol. The van der Waals surface area contributed by atoms with Crippen molar-refractivity contribution in [3.8, 4) is 5.75 Å². The predicted molar refractivity (Wildman–Crippen MR) is 106 cm³/mol. The molecule has 0 amide bonds. The minimum absolute atomic E-state index is 0.157. The Morgan fingerprint density at radius 3 is 2.96 bits per heavy atom. The molecule has 8 nitrogen and oxygen atoms in total. The standard InChI is InChI=1S/C19H26N6O2/c20-17-18(22-19(26)24-23-17)21-9-2-5-12-27-16-8-6-7-15(13-16)14-25-10-3-1-4-11-25/h2,5-8,13H,1,3-4,9-12,14H2,(H2,20,23)(H2,21,22,24,26). The number of hydrogen-bond acceptors (Lipinski definition) is 7. The number of piperidine rings is 1. The molecule has 0 unspecified atom stereocenters. The van der Waals surface area contributed by atoms with E-state index >= 15 is 0 Å². The number of nitrogens with two attached hydrogens (primary N) is 1. The van der Waals surface area contributed by atoms with E-state index in [1.54, 1.807) is 0 Å². The number of H-pyrrole nitrogens is 1. The van der Waals surface area contributed by atoms with Gasteiger partial charge in [0.25, 0.3) is 0 Å². The third-order valence-electron chi connectivity index (χ3n) is 4.38. The molecule has 2 aromatic rings. The van der Waals surface area contributed by atoms with Crippen molar-refractivity contribution in [3.05, 3.63) is 52.5 Å². The van der Waals surface area contributed by atoms with Gasteiger partial charge in [-0.1, -0.05) is 24.6 Å². The van der Waals surface area contributed by atoms with Crippen LogP contribution < -0.4 is 21.5 Å². The Hall–Kier alpha value is -2.87. The lowest BCUT2D eigenvalue weighted by Gasteiger charge is -2.26. The van der Waals surface area contributed by atoms with Crippen molar-refractivity contribution in [3.63, 3.8) is 0 Å². The molecule has 3 rings (SSSR count). The van der Waals surface area contributed by atoms with Gasteiger partial charge in [0.15, 0.2) is 11.6 Å². The van der Waals surface area contributed by atoms with Gasteiger partial charge in [-0.25, -0.2) is 9.89 Å². The van der Waals surface area contributed by atoms with E-state index in [0.717, 1.165) is 12.3 Å². The molecule has 1 saturated heterocycles. The van der Waals surface area contributed by atoms with Gasteiger partial charge in [-0.2, -0.15) is 4.98 Å². The molecule has 0 aliphatic carbocycles. The lowest BCUT2D eigenvalue weighted by atomic mass is 10.1. The molecule has 0 saturated carbocycles. The maximum Gasteiger partial charge on any atom is 0.363 e. The Morgan fingerprint density at radius 2 is 2.11 bits per heavy atom. The smallest absolute Gasteiger partial charge is 0.363 e. The van der Waals surface area contributed by atoms with Crippen LogP contribution >= 0.6 is 0 Å². The van der Waals surface area contributed by atoms with Gasteiger partial charge in [-0.05, 0) is 49.7 Å². The molecule has 1 aromatic heterocycles. The van der Waals surface area contributed by atoms with Crippen LogP contribution in [0.1, 0.15) is 24.8 Å². The first-order chi connectivity index (χ1) is 13.2. The average molecular weight is 370 g/mol. The molecule has 1 aromatic carbocycles. The number of ether oxygens (including phenoxy) is 1. The normalized spacial score (nSPS) is 15.1. The third kappa shape index (κ3) is 6.10. The van der Waals surface area contributed by atoms with Crippen LogP contribution in [0.4, 0.5) is 11.6 Å². The first-order valence-electron chi connectivity index (χ1n) is 9.26. The van der Waals surface area contributed by atoms with Crippen molar-refractivity contribution >= 4 is 11.6 Å². The van der Waals surface area contributed by atoms with Gasteiger partial charge in [0.2, 0.25) is 0 Å². The lowest BCUT2D eigenvalue weighted by Crippen LogP contribution is -2.29. The number of nitrogen functional groups attached to an aromatic ring is 1. The van der Waals surface area contributed by atoms with Crippen LogP contribution in [0, 0.1) is 0 Å². The molecule has 0 spiro atoms. The van der Waals surface area contributed by atoms with E-state index in [4.69, 9.17) is 10.5 Å². The molecule has 144 valence electrons. The second kappa shape index (κ2) is 9.72. The topological polar surface area (TPSA) is 109 Å². The number of hydrogen-bond donors (Lipinski definition) is 3. The summed E-state index contributed by atoms with van der Waals surface area (Å²) in [4.78, 5) is 17.3. The minimum Gasteiger partial charge on any atom is -0.490 e. The molecule has 2 heterocycles. The van der Waals surface area contributed by atoms with Gasteiger partial charge in [0.05, 0.1) is 0 Å². The van der Waals surface area contributed by atoms with E-state index in [0.29, 0.717) is 13.2 Å². The van der Waals surface area contributed by atoms with Crippen LogP contribution in [0.5, 0.6) is 5.75 Å². The summed E-state index contributed by atoms with van der Waals surface area (Å²) in [5.74, 6) is 1.30. The Labute approximate surface area is 158 Å². The quantitative estimate of drug-likeness (QED) is 0.608. The first kappa shape index (κ1) is 18.9.